The van der Waals surface area contributed by atoms with Crippen molar-refractivity contribution in [1.29, 1.82) is 5.26 Å². The first-order chi connectivity index (χ1) is 9.74. The second-order valence-corrected chi connectivity index (χ2v) is 5.10. The fraction of sp³-hybridized carbons (Fsp3) is 0. The summed E-state index contributed by atoms with van der Waals surface area (Å²) in [7, 11) is 0. The van der Waals surface area contributed by atoms with Crippen LogP contribution in [0.25, 0.3) is 21.9 Å². The molecule has 0 saturated carbocycles. The van der Waals surface area contributed by atoms with Crippen LogP contribution in [0, 0.1) is 11.3 Å². The molecule has 0 saturated heterocycles. The van der Waals surface area contributed by atoms with Gasteiger partial charge in [0.2, 0.25) is 0 Å². The Balaban J connectivity index is 2.31. The third-order valence-corrected chi connectivity index (χ3v) is 3.85. The summed E-state index contributed by atoms with van der Waals surface area (Å²) < 4.78 is 8.50. The van der Waals surface area contributed by atoms with Crippen molar-refractivity contribution in [3.8, 4) is 11.8 Å². The van der Waals surface area contributed by atoms with Crippen molar-refractivity contribution < 1.29 is 19.7 Å². The Morgan fingerprint density at radius 1 is 1.25 bits per heavy atom. The molecule has 2 aromatic heterocycles. The molecule has 2 heterocycles. The zero-order valence-electron chi connectivity index (χ0n) is 9.47. The summed E-state index contributed by atoms with van der Waals surface area (Å²) in [6.07, 6.45) is 0. The van der Waals surface area contributed by atoms with Crippen molar-refractivity contribution in [2.24, 2.45) is 0 Å². The topological polar surface area (TPSA) is 121 Å². The molecule has 100 valence electrons. The number of hydrogen-bond donors (Lipinski definition) is 2. The van der Waals surface area contributed by atoms with E-state index in [1.54, 1.807) is 0 Å². The van der Waals surface area contributed by atoms with Crippen LogP contribution >= 0.6 is 23.6 Å². The monoisotopic (exact) mass is 308 g/mol. The summed E-state index contributed by atoms with van der Waals surface area (Å²) >= 11 is 1.67. The van der Waals surface area contributed by atoms with E-state index >= 15 is 0 Å². The maximum absolute atomic E-state index is 9.72. The highest BCUT2D eigenvalue weighted by molar-refractivity contribution is 7.94. The summed E-state index contributed by atoms with van der Waals surface area (Å²) in [5, 5.41) is 38.9. The summed E-state index contributed by atoms with van der Waals surface area (Å²) in [6, 6.07) is 4.83. The van der Waals surface area contributed by atoms with E-state index in [2.05, 4.69) is 23.9 Å². The zero-order chi connectivity index (χ0) is 14.1. The Kier molecular flexibility index (Phi) is 3.35. The quantitative estimate of drug-likeness (QED) is 0.426. The summed E-state index contributed by atoms with van der Waals surface area (Å²) in [6.45, 7) is 0. The molecule has 0 aliphatic carbocycles. The van der Waals surface area contributed by atoms with Crippen LogP contribution in [0.4, 0.5) is 0 Å². The van der Waals surface area contributed by atoms with Crippen molar-refractivity contribution in [2.75, 3.05) is 0 Å². The minimum absolute atomic E-state index is 0.0395. The normalized spacial score (nSPS) is 11.0. The van der Waals surface area contributed by atoms with Gasteiger partial charge < -0.3 is 5.11 Å². The molecule has 0 bridgehead atoms. The first kappa shape index (κ1) is 13.0. The van der Waals surface area contributed by atoms with Crippen molar-refractivity contribution in [3.63, 3.8) is 0 Å². The number of nitriles is 1. The minimum Gasteiger partial charge on any atom is -0.508 e. The number of hydrogen-bond acceptors (Lipinski definition) is 10. The van der Waals surface area contributed by atoms with Crippen LogP contribution in [-0.2, 0) is 9.37 Å². The van der Waals surface area contributed by atoms with Gasteiger partial charge in [-0.2, -0.15) is 9.64 Å². The molecular formula is C10H4N4O4S2. The number of phenols is 1. The number of rotatable bonds is 3. The molecule has 0 unspecified atom stereocenters. The van der Waals surface area contributed by atoms with Gasteiger partial charge in [-0.05, 0) is 23.7 Å². The van der Waals surface area contributed by atoms with Gasteiger partial charge in [-0.3, -0.25) is 0 Å². The Labute approximate surface area is 119 Å². The Hall–Kier alpha value is -2.03. The lowest BCUT2D eigenvalue weighted by atomic mass is 10.2. The molecule has 0 fully saturated rings. The SMILES string of the molecule is N#Cc1snc2c1nnc1c(SOOO)cc(O)cc12. The molecule has 0 spiro atoms. The molecule has 0 aliphatic rings. The third kappa shape index (κ3) is 2.03. The fourth-order valence-electron chi connectivity index (χ4n) is 1.72. The van der Waals surface area contributed by atoms with E-state index in [-0.39, 0.29) is 5.75 Å². The fourth-order valence-corrected chi connectivity index (χ4v) is 2.86. The zero-order valence-corrected chi connectivity index (χ0v) is 11.1. The molecule has 0 aliphatic heterocycles. The summed E-state index contributed by atoms with van der Waals surface area (Å²) in [4.78, 5) is 0.733. The predicted octanol–water partition coefficient (Wildman–Crippen LogP) is 2.25. The van der Waals surface area contributed by atoms with Crippen molar-refractivity contribution in [2.45, 2.75) is 4.90 Å². The maximum atomic E-state index is 9.72. The highest BCUT2D eigenvalue weighted by Gasteiger charge is 2.16. The first-order valence-corrected chi connectivity index (χ1v) is 6.59. The molecule has 10 heteroatoms. The molecule has 2 N–H and O–H groups in total. The highest BCUT2D eigenvalue weighted by Crippen LogP contribution is 2.35. The van der Waals surface area contributed by atoms with E-state index in [0.29, 0.717) is 43.8 Å². The molecule has 3 aromatic rings. The predicted molar refractivity (Wildman–Crippen MR) is 69.8 cm³/mol. The van der Waals surface area contributed by atoms with E-state index in [0.717, 1.165) is 11.5 Å². The van der Waals surface area contributed by atoms with Gasteiger partial charge in [0.15, 0.2) is 4.88 Å². The Morgan fingerprint density at radius 3 is 2.80 bits per heavy atom. The van der Waals surface area contributed by atoms with Gasteiger partial charge in [0.1, 0.15) is 28.4 Å². The molecule has 8 nitrogen and oxygen atoms in total. The molecule has 0 amide bonds. The van der Waals surface area contributed by atoms with Gasteiger partial charge in [-0.1, -0.05) is 5.04 Å². The smallest absolute Gasteiger partial charge is 0.153 e. The number of fused-ring (bicyclic) bond motifs is 3. The lowest BCUT2D eigenvalue weighted by molar-refractivity contribution is -0.432. The van der Waals surface area contributed by atoms with E-state index in [9.17, 15) is 5.11 Å². The maximum Gasteiger partial charge on any atom is 0.153 e. The van der Waals surface area contributed by atoms with E-state index in [4.69, 9.17) is 10.5 Å². The molecule has 3 rings (SSSR count). The van der Waals surface area contributed by atoms with Crippen molar-refractivity contribution >= 4 is 45.5 Å². The van der Waals surface area contributed by atoms with E-state index < -0.39 is 0 Å². The average molecular weight is 308 g/mol. The number of benzene rings is 1. The largest absolute Gasteiger partial charge is 0.508 e. The number of aromatic nitrogens is 3. The third-order valence-electron chi connectivity index (χ3n) is 2.49. The van der Waals surface area contributed by atoms with Gasteiger partial charge in [0.05, 0.1) is 16.9 Å². The van der Waals surface area contributed by atoms with Crippen LogP contribution in [0.15, 0.2) is 17.0 Å². The van der Waals surface area contributed by atoms with Gasteiger partial charge in [-0.25, -0.2) is 5.26 Å². The molecule has 0 atom stereocenters. The molecule has 20 heavy (non-hydrogen) atoms. The minimum atomic E-state index is -0.0395. The molecule has 1 aromatic carbocycles. The van der Waals surface area contributed by atoms with Crippen LogP contribution in [0.5, 0.6) is 5.75 Å². The standard InChI is InChI=1S/C10H4N4O4S2/c11-3-7-10-9(14-19-7)5-1-4(15)2-6(20-18-17-16)8(5)12-13-10/h1-2,15-16H. The number of nitrogens with zero attached hydrogens (tertiary/aromatic N) is 4. The van der Waals surface area contributed by atoms with Crippen molar-refractivity contribution in [1.82, 2.24) is 14.6 Å². The van der Waals surface area contributed by atoms with Gasteiger partial charge in [0.25, 0.3) is 0 Å². The lowest BCUT2D eigenvalue weighted by Gasteiger charge is -2.04. The lowest BCUT2D eigenvalue weighted by Crippen LogP contribution is -1.90. The van der Waals surface area contributed by atoms with Crippen LogP contribution in [0.1, 0.15) is 4.88 Å². The Morgan fingerprint density at radius 2 is 2.05 bits per heavy atom. The molecule has 0 radical (unpaired) electrons. The van der Waals surface area contributed by atoms with E-state index in [1.165, 1.54) is 12.1 Å². The molecular weight excluding hydrogens is 304 g/mol. The number of aromatic hydroxyl groups is 1. The van der Waals surface area contributed by atoms with Crippen LogP contribution in [-0.4, -0.2) is 24.9 Å². The van der Waals surface area contributed by atoms with Crippen LogP contribution < -0.4 is 0 Å². The van der Waals surface area contributed by atoms with Gasteiger partial charge >= 0.3 is 0 Å². The highest BCUT2D eigenvalue weighted by atomic mass is 32.2. The second kappa shape index (κ2) is 5.16. The van der Waals surface area contributed by atoms with Gasteiger partial charge in [-0.15, -0.1) is 14.5 Å². The van der Waals surface area contributed by atoms with E-state index in [1.807, 2.05) is 6.07 Å². The first-order valence-electron chi connectivity index (χ1n) is 5.08. The second-order valence-electron chi connectivity index (χ2n) is 3.59. The average Bonchev–Trinajstić information content (AvgIpc) is 2.88. The summed E-state index contributed by atoms with van der Waals surface area (Å²) in [5.74, 6) is -0.0395. The van der Waals surface area contributed by atoms with Crippen LogP contribution in [0.2, 0.25) is 0 Å². The van der Waals surface area contributed by atoms with Gasteiger partial charge in [0, 0.05) is 5.39 Å². The summed E-state index contributed by atoms with van der Waals surface area (Å²) in [5.41, 5.74) is 1.26. The number of phenolic OH excluding ortho intramolecular Hbond substituents is 1. The van der Waals surface area contributed by atoms with Crippen molar-refractivity contribution in [3.05, 3.63) is 17.0 Å². The Bertz CT molecular complexity index is 844. The van der Waals surface area contributed by atoms with Crippen LogP contribution in [0.3, 0.4) is 0 Å².